The summed E-state index contributed by atoms with van der Waals surface area (Å²) in [6.07, 6.45) is 0. The molecule has 0 saturated heterocycles. The fourth-order valence-corrected chi connectivity index (χ4v) is 1.74. The summed E-state index contributed by atoms with van der Waals surface area (Å²) in [5, 5.41) is 0. The molecule has 0 bridgehead atoms. The molecule has 0 heterocycles. The maximum absolute atomic E-state index is 13.2. The average Bonchev–Trinajstić information content (AvgIpc) is 2.26. The normalized spacial score (nSPS) is 10.4. The molecule has 0 aliphatic carbocycles. The van der Waals surface area contributed by atoms with Crippen LogP contribution in [-0.4, -0.2) is 0 Å². The van der Waals surface area contributed by atoms with Gasteiger partial charge in [-0.15, -0.1) is 0 Å². The molecule has 2 heteroatoms. The Hall–Kier alpha value is -1.83. The lowest BCUT2D eigenvalue weighted by Gasteiger charge is -2.09. The van der Waals surface area contributed by atoms with Crippen molar-refractivity contribution >= 4 is 5.69 Å². The van der Waals surface area contributed by atoms with Crippen LogP contribution in [0.1, 0.15) is 11.1 Å². The Kier molecular flexibility index (Phi) is 2.65. The van der Waals surface area contributed by atoms with E-state index in [1.807, 2.05) is 31.2 Å². The minimum Gasteiger partial charge on any atom is -0.398 e. The van der Waals surface area contributed by atoms with Gasteiger partial charge in [0.15, 0.2) is 0 Å². The van der Waals surface area contributed by atoms with E-state index in [1.165, 1.54) is 6.07 Å². The first-order chi connectivity index (χ1) is 7.59. The number of para-hydroxylation sites is 1. The predicted molar refractivity (Wildman–Crippen MR) is 65.7 cm³/mol. The van der Waals surface area contributed by atoms with Crippen LogP contribution in [0.4, 0.5) is 10.1 Å². The van der Waals surface area contributed by atoms with Crippen molar-refractivity contribution in [3.05, 3.63) is 53.3 Å². The van der Waals surface area contributed by atoms with Gasteiger partial charge in [-0.3, -0.25) is 0 Å². The fraction of sp³-hybridized carbons (Fsp3) is 0.143. The van der Waals surface area contributed by atoms with E-state index >= 15 is 0 Å². The summed E-state index contributed by atoms with van der Waals surface area (Å²) in [6.45, 7) is 3.72. The number of nitrogens with two attached hydrogens (primary N) is 1. The summed E-state index contributed by atoms with van der Waals surface area (Å²) >= 11 is 0. The molecule has 16 heavy (non-hydrogen) atoms. The summed E-state index contributed by atoms with van der Waals surface area (Å²) in [6, 6.07) is 10.9. The van der Waals surface area contributed by atoms with Gasteiger partial charge in [0.25, 0.3) is 0 Å². The lowest BCUT2D eigenvalue weighted by molar-refractivity contribution is 0.619. The monoisotopic (exact) mass is 215 g/mol. The highest BCUT2D eigenvalue weighted by molar-refractivity contribution is 5.78. The lowest BCUT2D eigenvalue weighted by atomic mass is 9.99. The Morgan fingerprint density at radius 2 is 1.75 bits per heavy atom. The second-order valence-corrected chi connectivity index (χ2v) is 4.00. The van der Waals surface area contributed by atoms with E-state index in [4.69, 9.17) is 5.73 Å². The van der Waals surface area contributed by atoms with Crippen molar-refractivity contribution in [2.75, 3.05) is 5.73 Å². The van der Waals surface area contributed by atoms with Crippen molar-refractivity contribution < 1.29 is 4.39 Å². The number of hydrogen-bond acceptors (Lipinski definition) is 1. The predicted octanol–water partition coefficient (Wildman–Crippen LogP) is 3.69. The van der Waals surface area contributed by atoms with Gasteiger partial charge in [-0.2, -0.15) is 0 Å². The van der Waals surface area contributed by atoms with Gasteiger partial charge in [-0.25, -0.2) is 4.39 Å². The zero-order valence-electron chi connectivity index (χ0n) is 9.42. The van der Waals surface area contributed by atoms with Crippen LogP contribution in [0.2, 0.25) is 0 Å². The van der Waals surface area contributed by atoms with Crippen molar-refractivity contribution in [3.8, 4) is 11.1 Å². The number of benzene rings is 2. The van der Waals surface area contributed by atoms with Gasteiger partial charge in [-0.1, -0.05) is 24.3 Å². The fourth-order valence-electron chi connectivity index (χ4n) is 1.74. The summed E-state index contributed by atoms with van der Waals surface area (Å²) in [4.78, 5) is 0. The molecule has 0 aromatic heterocycles. The van der Waals surface area contributed by atoms with Crippen molar-refractivity contribution in [3.63, 3.8) is 0 Å². The number of aryl methyl sites for hydroxylation is 2. The molecule has 2 aromatic rings. The van der Waals surface area contributed by atoms with E-state index in [0.29, 0.717) is 5.56 Å². The standard InChI is InChI=1S/C14H14FN/c1-9-4-3-5-12(14(9)16)11-6-7-13(15)10(2)8-11/h3-8H,16H2,1-2H3. The Morgan fingerprint density at radius 1 is 1.00 bits per heavy atom. The smallest absolute Gasteiger partial charge is 0.126 e. The van der Waals surface area contributed by atoms with Crippen LogP contribution in [0.15, 0.2) is 36.4 Å². The zero-order valence-corrected chi connectivity index (χ0v) is 9.42. The molecule has 2 rings (SSSR count). The molecule has 0 spiro atoms. The number of anilines is 1. The molecule has 1 nitrogen and oxygen atoms in total. The molecule has 0 saturated carbocycles. The molecule has 0 aliphatic rings. The SMILES string of the molecule is Cc1cc(-c2cccc(C)c2N)ccc1F. The molecule has 0 amide bonds. The Morgan fingerprint density at radius 3 is 2.44 bits per heavy atom. The quantitative estimate of drug-likeness (QED) is 0.721. The minimum absolute atomic E-state index is 0.185. The maximum Gasteiger partial charge on any atom is 0.126 e. The van der Waals surface area contributed by atoms with E-state index < -0.39 is 0 Å². The van der Waals surface area contributed by atoms with Crippen LogP contribution in [0.25, 0.3) is 11.1 Å². The Bertz CT molecular complexity index is 532. The van der Waals surface area contributed by atoms with Gasteiger partial charge < -0.3 is 5.73 Å². The second-order valence-electron chi connectivity index (χ2n) is 4.00. The van der Waals surface area contributed by atoms with Crippen LogP contribution in [0.3, 0.4) is 0 Å². The van der Waals surface area contributed by atoms with Gasteiger partial charge in [0.05, 0.1) is 0 Å². The third-order valence-corrected chi connectivity index (χ3v) is 2.79. The van der Waals surface area contributed by atoms with E-state index in [-0.39, 0.29) is 5.82 Å². The van der Waals surface area contributed by atoms with Gasteiger partial charge in [0.1, 0.15) is 5.82 Å². The summed E-state index contributed by atoms with van der Waals surface area (Å²) < 4.78 is 13.2. The van der Waals surface area contributed by atoms with Gasteiger partial charge >= 0.3 is 0 Å². The van der Waals surface area contributed by atoms with Crippen molar-refractivity contribution in [1.82, 2.24) is 0 Å². The molecule has 82 valence electrons. The second kappa shape index (κ2) is 3.97. The van der Waals surface area contributed by atoms with Gasteiger partial charge in [0, 0.05) is 11.3 Å². The first-order valence-electron chi connectivity index (χ1n) is 5.21. The largest absolute Gasteiger partial charge is 0.398 e. The Labute approximate surface area is 94.7 Å². The third-order valence-electron chi connectivity index (χ3n) is 2.79. The van der Waals surface area contributed by atoms with Crippen LogP contribution in [0.5, 0.6) is 0 Å². The maximum atomic E-state index is 13.2. The third kappa shape index (κ3) is 1.78. The van der Waals surface area contributed by atoms with Crippen molar-refractivity contribution in [2.45, 2.75) is 13.8 Å². The highest BCUT2D eigenvalue weighted by Gasteiger charge is 2.06. The van der Waals surface area contributed by atoms with Gasteiger partial charge in [-0.05, 0) is 42.7 Å². The highest BCUT2D eigenvalue weighted by atomic mass is 19.1. The van der Waals surface area contributed by atoms with Crippen molar-refractivity contribution in [1.29, 1.82) is 0 Å². The minimum atomic E-state index is -0.185. The van der Waals surface area contributed by atoms with Crippen LogP contribution < -0.4 is 5.73 Å². The molecule has 0 atom stereocenters. The summed E-state index contributed by atoms with van der Waals surface area (Å²) in [5.74, 6) is -0.185. The van der Waals surface area contributed by atoms with Crippen LogP contribution in [-0.2, 0) is 0 Å². The van der Waals surface area contributed by atoms with Crippen molar-refractivity contribution in [2.24, 2.45) is 0 Å². The molecule has 0 aliphatic heterocycles. The number of rotatable bonds is 1. The summed E-state index contributed by atoms with van der Waals surface area (Å²) in [5.41, 5.74) is 10.4. The topological polar surface area (TPSA) is 26.0 Å². The van der Waals surface area contributed by atoms with Gasteiger partial charge in [0.2, 0.25) is 0 Å². The molecular weight excluding hydrogens is 201 g/mol. The Balaban J connectivity index is 2.59. The van der Waals surface area contributed by atoms with E-state index in [1.54, 1.807) is 13.0 Å². The lowest BCUT2D eigenvalue weighted by Crippen LogP contribution is -1.94. The van der Waals surface area contributed by atoms with E-state index in [9.17, 15) is 4.39 Å². The highest BCUT2D eigenvalue weighted by Crippen LogP contribution is 2.29. The molecule has 2 aromatic carbocycles. The van der Waals surface area contributed by atoms with E-state index in [0.717, 1.165) is 22.4 Å². The van der Waals surface area contributed by atoms with Crippen LogP contribution >= 0.6 is 0 Å². The van der Waals surface area contributed by atoms with Crippen LogP contribution in [0, 0.1) is 19.7 Å². The number of hydrogen-bond donors (Lipinski definition) is 1. The molecule has 0 unspecified atom stereocenters. The first kappa shape index (κ1) is 10.7. The zero-order chi connectivity index (χ0) is 11.7. The molecular formula is C14H14FN. The molecule has 0 radical (unpaired) electrons. The number of nitrogen functional groups attached to an aromatic ring is 1. The number of halogens is 1. The molecule has 2 N–H and O–H groups in total. The summed E-state index contributed by atoms with van der Waals surface area (Å²) in [7, 11) is 0. The first-order valence-corrected chi connectivity index (χ1v) is 5.21. The van der Waals surface area contributed by atoms with E-state index in [2.05, 4.69) is 0 Å². The average molecular weight is 215 g/mol. The molecule has 0 fully saturated rings.